The van der Waals surface area contributed by atoms with Gasteiger partial charge < -0.3 is 19.9 Å². The summed E-state index contributed by atoms with van der Waals surface area (Å²) in [6, 6.07) is 15.8. The molecule has 2 heterocycles. The molecule has 1 aromatic heterocycles. The predicted molar refractivity (Wildman–Crippen MR) is 130 cm³/mol. The van der Waals surface area contributed by atoms with Crippen LogP contribution in [0.25, 0.3) is 0 Å². The van der Waals surface area contributed by atoms with Gasteiger partial charge >= 0.3 is 5.97 Å². The van der Waals surface area contributed by atoms with Crippen molar-refractivity contribution in [3.8, 4) is 0 Å². The molecule has 0 spiro atoms. The van der Waals surface area contributed by atoms with Crippen LogP contribution < -0.4 is 20.7 Å². The molecule has 1 aliphatic heterocycles. The lowest BCUT2D eigenvalue weighted by molar-refractivity contribution is -0.117. The Morgan fingerprint density at radius 2 is 1.71 bits per heavy atom. The third-order valence-electron chi connectivity index (χ3n) is 5.60. The summed E-state index contributed by atoms with van der Waals surface area (Å²) in [5.41, 5.74) is 1.30. The number of nitrogens with one attached hydrogen (secondary N) is 1. The molecule has 1 aliphatic rings. The maximum absolute atomic E-state index is 13.2. The first-order chi connectivity index (χ1) is 16.9. The van der Waals surface area contributed by atoms with E-state index in [1.54, 1.807) is 43.3 Å². The predicted octanol–water partition coefficient (Wildman–Crippen LogP) is 2.52. The zero-order valence-electron chi connectivity index (χ0n) is 19.3. The number of nitrogens with zero attached hydrogens (tertiary/aromatic N) is 4. The Kier molecular flexibility index (Phi) is 7.39. The molecule has 1 fully saturated rings. The Morgan fingerprint density at radius 1 is 1.00 bits per heavy atom. The first-order valence-electron chi connectivity index (χ1n) is 11.3. The van der Waals surface area contributed by atoms with Crippen molar-refractivity contribution >= 4 is 29.1 Å². The Balaban J connectivity index is 1.38. The van der Waals surface area contributed by atoms with Crippen molar-refractivity contribution in [2.45, 2.75) is 13.5 Å². The summed E-state index contributed by atoms with van der Waals surface area (Å²) in [6.45, 7) is 4.44. The summed E-state index contributed by atoms with van der Waals surface area (Å²) in [5, 5.41) is 7.07. The van der Waals surface area contributed by atoms with Crippen LogP contribution in [0.1, 0.15) is 17.3 Å². The van der Waals surface area contributed by atoms with Gasteiger partial charge in [-0.1, -0.05) is 6.07 Å². The van der Waals surface area contributed by atoms with Crippen LogP contribution in [0.15, 0.2) is 65.5 Å². The zero-order valence-corrected chi connectivity index (χ0v) is 19.3. The van der Waals surface area contributed by atoms with E-state index in [9.17, 15) is 18.8 Å². The number of anilines is 3. The summed E-state index contributed by atoms with van der Waals surface area (Å²) >= 11 is 0. The number of hydrogen-bond donors (Lipinski definition) is 1. The lowest BCUT2D eigenvalue weighted by Crippen LogP contribution is -2.47. The molecule has 9 nitrogen and oxygen atoms in total. The van der Waals surface area contributed by atoms with Gasteiger partial charge in [-0.25, -0.2) is 13.9 Å². The fourth-order valence-electron chi connectivity index (χ4n) is 3.84. The standard InChI is InChI=1S/C25H26FN5O4/c1-2-35-25(34)18-4-3-5-20(16-18)27-23(32)17-31-24(33)11-10-22(28-31)30-14-12-29(13-15-30)21-8-6-19(26)7-9-21/h3-11,16H,2,12-15,17H2,1H3,(H,27,32). The Hall–Kier alpha value is -4.21. The van der Waals surface area contributed by atoms with Gasteiger partial charge in [0.05, 0.1) is 12.2 Å². The average molecular weight is 480 g/mol. The monoisotopic (exact) mass is 479 g/mol. The molecular weight excluding hydrogens is 453 g/mol. The molecule has 0 bridgehead atoms. The van der Waals surface area contributed by atoms with Crippen LogP contribution in [0.2, 0.25) is 0 Å². The highest BCUT2D eigenvalue weighted by molar-refractivity contribution is 5.94. The molecule has 0 saturated carbocycles. The summed E-state index contributed by atoms with van der Waals surface area (Å²) in [5.74, 6) is -0.595. The van der Waals surface area contributed by atoms with E-state index < -0.39 is 17.4 Å². The van der Waals surface area contributed by atoms with E-state index in [2.05, 4.69) is 15.3 Å². The van der Waals surface area contributed by atoms with Gasteiger partial charge in [-0.3, -0.25) is 9.59 Å². The van der Waals surface area contributed by atoms with Crippen LogP contribution in [0.5, 0.6) is 0 Å². The molecule has 4 rings (SSSR count). The zero-order chi connectivity index (χ0) is 24.8. The van der Waals surface area contributed by atoms with E-state index >= 15 is 0 Å². The van der Waals surface area contributed by atoms with Gasteiger partial charge in [-0.15, -0.1) is 0 Å². The largest absolute Gasteiger partial charge is 0.462 e. The van der Waals surface area contributed by atoms with Crippen LogP contribution in [0.3, 0.4) is 0 Å². The highest BCUT2D eigenvalue weighted by Gasteiger charge is 2.19. The number of esters is 1. The molecular formula is C25H26FN5O4. The molecule has 1 amide bonds. The maximum atomic E-state index is 13.2. The smallest absolute Gasteiger partial charge is 0.338 e. The molecule has 3 aromatic rings. The summed E-state index contributed by atoms with van der Waals surface area (Å²) < 4.78 is 19.3. The Labute approximate surface area is 201 Å². The number of aromatic nitrogens is 2. The summed E-state index contributed by atoms with van der Waals surface area (Å²) in [4.78, 5) is 41.0. The second-order valence-electron chi connectivity index (χ2n) is 7.99. The van der Waals surface area contributed by atoms with E-state index in [0.717, 1.165) is 10.4 Å². The molecule has 35 heavy (non-hydrogen) atoms. The second-order valence-corrected chi connectivity index (χ2v) is 7.99. The first-order valence-corrected chi connectivity index (χ1v) is 11.3. The fourth-order valence-corrected chi connectivity index (χ4v) is 3.84. The second kappa shape index (κ2) is 10.8. The normalized spacial score (nSPS) is 13.4. The Morgan fingerprint density at radius 3 is 2.43 bits per heavy atom. The van der Waals surface area contributed by atoms with Crippen molar-refractivity contribution in [3.05, 3.63) is 82.4 Å². The number of benzene rings is 2. The van der Waals surface area contributed by atoms with E-state index in [1.807, 2.05) is 4.90 Å². The number of piperazine rings is 1. The SMILES string of the molecule is CCOC(=O)c1cccc(NC(=O)Cn2nc(N3CCN(c4ccc(F)cc4)CC3)ccc2=O)c1. The number of ether oxygens (including phenoxy) is 1. The van der Waals surface area contributed by atoms with E-state index in [4.69, 9.17) is 4.74 Å². The fraction of sp³-hybridized carbons (Fsp3) is 0.280. The summed E-state index contributed by atoms with van der Waals surface area (Å²) in [7, 11) is 0. The van der Waals surface area contributed by atoms with Gasteiger partial charge in [0.2, 0.25) is 5.91 Å². The highest BCUT2D eigenvalue weighted by atomic mass is 19.1. The summed E-state index contributed by atoms with van der Waals surface area (Å²) in [6.07, 6.45) is 0. The molecule has 0 unspecified atom stereocenters. The molecule has 0 aliphatic carbocycles. The van der Waals surface area contributed by atoms with Gasteiger partial charge in [-0.05, 0) is 55.5 Å². The Bertz CT molecular complexity index is 1250. The number of halogens is 1. The number of carbonyl (C=O) groups excluding carboxylic acids is 2. The van der Waals surface area contributed by atoms with Gasteiger partial charge in [0.15, 0.2) is 0 Å². The molecule has 0 atom stereocenters. The minimum Gasteiger partial charge on any atom is -0.462 e. The van der Waals surface area contributed by atoms with E-state index in [1.165, 1.54) is 24.3 Å². The van der Waals surface area contributed by atoms with Crippen LogP contribution in [0, 0.1) is 5.82 Å². The number of hydrogen-bond acceptors (Lipinski definition) is 7. The lowest BCUT2D eigenvalue weighted by atomic mass is 10.2. The first kappa shape index (κ1) is 23.9. The van der Waals surface area contributed by atoms with Gasteiger partial charge in [0.25, 0.3) is 5.56 Å². The number of amides is 1. The van der Waals surface area contributed by atoms with Gasteiger partial charge in [-0.2, -0.15) is 5.10 Å². The minimum absolute atomic E-state index is 0.252. The van der Waals surface area contributed by atoms with Gasteiger partial charge in [0.1, 0.15) is 18.2 Å². The number of rotatable bonds is 7. The van der Waals surface area contributed by atoms with Crippen molar-refractivity contribution in [2.75, 3.05) is 47.9 Å². The maximum Gasteiger partial charge on any atom is 0.338 e. The van der Waals surface area contributed by atoms with E-state index in [0.29, 0.717) is 43.2 Å². The highest BCUT2D eigenvalue weighted by Crippen LogP contribution is 2.19. The third-order valence-corrected chi connectivity index (χ3v) is 5.60. The molecule has 10 heteroatoms. The van der Waals surface area contributed by atoms with Crippen LogP contribution in [-0.4, -0.2) is 54.4 Å². The van der Waals surface area contributed by atoms with Crippen molar-refractivity contribution in [3.63, 3.8) is 0 Å². The van der Waals surface area contributed by atoms with Crippen LogP contribution in [0.4, 0.5) is 21.6 Å². The van der Waals surface area contributed by atoms with E-state index in [-0.39, 0.29) is 19.0 Å². The third kappa shape index (κ3) is 6.03. The van der Waals surface area contributed by atoms with Crippen molar-refractivity contribution in [1.29, 1.82) is 0 Å². The number of carbonyl (C=O) groups is 2. The van der Waals surface area contributed by atoms with Gasteiger partial charge in [0, 0.05) is 43.6 Å². The van der Waals surface area contributed by atoms with Crippen molar-refractivity contribution in [1.82, 2.24) is 9.78 Å². The average Bonchev–Trinajstić information content (AvgIpc) is 2.86. The van der Waals surface area contributed by atoms with Crippen molar-refractivity contribution in [2.24, 2.45) is 0 Å². The molecule has 2 aromatic carbocycles. The quantitative estimate of drug-likeness (QED) is 0.520. The molecule has 1 saturated heterocycles. The topological polar surface area (TPSA) is 96.8 Å². The van der Waals surface area contributed by atoms with Crippen LogP contribution >= 0.6 is 0 Å². The van der Waals surface area contributed by atoms with Crippen molar-refractivity contribution < 1.29 is 18.7 Å². The lowest BCUT2D eigenvalue weighted by Gasteiger charge is -2.36. The molecule has 1 N–H and O–H groups in total. The molecule has 182 valence electrons. The van der Waals surface area contributed by atoms with Crippen LogP contribution in [-0.2, 0) is 16.1 Å². The molecule has 0 radical (unpaired) electrons. The minimum atomic E-state index is -0.478.